The van der Waals surface area contributed by atoms with E-state index in [2.05, 4.69) is 9.71 Å². The number of imidazole rings is 1. The fourth-order valence-electron chi connectivity index (χ4n) is 4.81. The van der Waals surface area contributed by atoms with Gasteiger partial charge < -0.3 is 4.74 Å². The maximum atomic E-state index is 13.1. The zero-order chi connectivity index (χ0) is 26.7. The summed E-state index contributed by atoms with van der Waals surface area (Å²) in [5, 5.41) is 0. The van der Waals surface area contributed by atoms with Crippen molar-refractivity contribution >= 4 is 44.9 Å². The predicted molar refractivity (Wildman–Crippen MR) is 148 cm³/mol. The maximum absolute atomic E-state index is 13.1. The Balaban J connectivity index is 1.62. The molecule has 37 heavy (non-hydrogen) atoms. The number of nitrogens with zero attached hydrogens (tertiary/aromatic N) is 2. The number of carbonyl (C=O) groups is 1. The standard InChI is InChI=1S/C26H33N3O5S3/c1-16-9-11-22(12-10-16)37(32,33)28-24-23-25(36-18(3)17(2)29(23)26(31)27-24)35-15-21-8-6-5-7-20(21)13-14-34-19(4)30/h9-12,20-21H,5-8,13-15H2,1-4H3,(H,27,28,31). The number of aromatic nitrogens is 2. The SMILES string of the molecule is CC(=O)OCCC1CCCCC1CSc1sc(C)c(C)n2c(=O)nc(NS(=O)(=O)c3ccc(C)cc3)c1-2. The van der Waals surface area contributed by atoms with Crippen LogP contribution < -0.4 is 10.4 Å². The molecule has 0 aromatic heterocycles. The van der Waals surface area contributed by atoms with E-state index in [0.717, 1.165) is 45.4 Å². The first-order valence-corrected chi connectivity index (χ1v) is 15.7. The summed E-state index contributed by atoms with van der Waals surface area (Å²) in [7, 11) is -3.92. The maximum Gasteiger partial charge on any atom is 0.354 e. The zero-order valence-electron chi connectivity index (χ0n) is 21.6. The average molecular weight is 564 g/mol. The fraction of sp³-hybridized carbons (Fsp3) is 0.500. The molecule has 11 heteroatoms. The molecule has 2 aliphatic heterocycles. The number of aryl methyl sites for hydroxylation is 2. The normalized spacial score (nSPS) is 18.2. The van der Waals surface area contributed by atoms with Crippen LogP contribution in [0.1, 0.15) is 55.2 Å². The molecule has 1 aromatic rings. The van der Waals surface area contributed by atoms with Gasteiger partial charge in [0.2, 0.25) is 0 Å². The molecule has 2 heterocycles. The average Bonchev–Trinajstić information content (AvgIpc) is 3.16. The second kappa shape index (κ2) is 11.6. The van der Waals surface area contributed by atoms with Gasteiger partial charge in [-0.25, -0.2) is 13.2 Å². The minimum Gasteiger partial charge on any atom is -0.466 e. The lowest BCUT2D eigenvalue weighted by molar-refractivity contribution is -0.141. The molecule has 0 saturated heterocycles. The van der Waals surface area contributed by atoms with E-state index in [1.165, 1.54) is 24.3 Å². The van der Waals surface area contributed by atoms with Crippen molar-refractivity contribution in [3.63, 3.8) is 0 Å². The van der Waals surface area contributed by atoms with Crippen molar-refractivity contribution in [1.29, 1.82) is 0 Å². The van der Waals surface area contributed by atoms with Gasteiger partial charge in [-0.3, -0.25) is 14.1 Å². The first kappa shape index (κ1) is 27.7. The summed E-state index contributed by atoms with van der Waals surface area (Å²) in [6.45, 7) is 7.56. The highest BCUT2D eigenvalue weighted by atomic mass is 32.2. The van der Waals surface area contributed by atoms with Crippen LogP contribution in [-0.4, -0.2) is 36.3 Å². The van der Waals surface area contributed by atoms with Crippen molar-refractivity contribution < 1.29 is 17.9 Å². The number of carbonyl (C=O) groups excluding carboxylic acids is 1. The Bertz CT molecular complexity index is 1400. The number of nitrogens with one attached hydrogen (secondary N) is 1. The molecule has 0 radical (unpaired) electrons. The van der Waals surface area contributed by atoms with E-state index in [1.54, 1.807) is 47.4 Å². The minimum atomic E-state index is -3.92. The first-order chi connectivity index (χ1) is 17.6. The number of benzene rings is 1. The van der Waals surface area contributed by atoms with E-state index >= 15 is 0 Å². The van der Waals surface area contributed by atoms with Gasteiger partial charge in [0.1, 0.15) is 5.69 Å². The molecule has 200 valence electrons. The van der Waals surface area contributed by atoms with Crippen LogP contribution in [0, 0.1) is 32.6 Å². The summed E-state index contributed by atoms with van der Waals surface area (Å²) in [5.74, 6) is 1.56. The van der Waals surface area contributed by atoms with Crippen molar-refractivity contribution in [1.82, 2.24) is 9.55 Å². The van der Waals surface area contributed by atoms with Crippen LogP contribution in [0.3, 0.4) is 0 Å². The Morgan fingerprint density at radius 3 is 2.51 bits per heavy atom. The predicted octanol–water partition coefficient (Wildman–Crippen LogP) is 5.31. The number of sulfonamides is 1. The highest BCUT2D eigenvalue weighted by Crippen LogP contribution is 2.42. The smallest absolute Gasteiger partial charge is 0.354 e. The van der Waals surface area contributed by atoms with E-state index < -0.39 is 15.7 Å². The third kappa shape index (κ3) is 6.38. The molecule has 8 nitrogen and oxygen atoms in total. The Kier molecular flexibility index (Phi) is 8.65. The molecule has 1 aromatic carbocycles. The highest BCUT2D eigenvalue weighted by Gasteiger charge is 2.29. The van der Waals surface area contributed by atoms with Crippen molar-refractivity contribution in [2.24, 2.45) is 11.8 Å². The molecule has 2 unspecified atom stereocenters. The number of ether oxygens (including phenoxy) is 1. The largest absolute Gasteiger partial charge is 0.466 e. The number of hydrogen-bond acceptors (Lipinski definition) is 8. The number of esters is 1. The van der Waals surface area contributed by atoms with Gasteiger partial charge in [0.25, 0.3) is 10.0 Å². The van der Waals surface area contributed by atoms with E-state index in [9.17, 15) is 18.0 Å². The quantitative estimate of drug-likeness (QED) is 0.278. The molecule has 0 bridgehead atoms. The van der Waals surface area contributed by atoms with Gasteiger partial charge in [-0.1, -0.05) is 37.0 Å². The first-order valence-electron chi connectivity index (χ1n) is 12.4. The summed E-state index contributed by atoms with van der Waals surface area (Å²) >= 11 is 3.21. The number of thioether (sulfide) groups is 1. The van der Waals surface area contributed by atoms with Crippen LogP contribution in [0.4, 0.5) is 5.82 Å². The Labute approximate surface area is 226 Å². The summed E-state index contributed by atoms with van der Waals surface area (Å²) in [6.07, 6.45) is 5.39. The van der Waals surface area contributed by atoms with E-state index in [-0.39, 0.29) is 16.7 Å². The second-order valence-corrected chi connectivity index (χ2v) is 13.8. The van der Waals surface area contributed by atoms with Gasteiger partial charge in [0.05, 0.1) is 15.7 Å². The van der Waals surface area contributed by atoms with Gasteiger partial charge >= 0.3 is 11.7 Å². The Morgan fingerprint density at radius 2 is 1.84 bits per heavy atom. The molecule has 1 aliphatic carbocycles. The van der Waals surface area contributed by atoms with Gasteiger partial charge in [-0.15, -0.1) is 23.1 Å². The van der Waals surface area contributed by atoms with Crippen molar-refractivity contribution in [2.45, 2.75) is 68.9 Å². The molecule has 4 rings (SSSR count). The van der Waals surface area contributed by atoms with Crippen LogP contribution in [0.15, 0.2) is 38.2 Å². The van der Waals surface area contributed by atoms with Gasteiger partial charge in [-0.2, -0.15) is 4.98 Å². The van der Waals surface area contributed by atoms with Gasteiger partial charge in [0, 0.05) is 23.2 Å². The lowest BCUT2D eigenvalue weighted by Gasteiger charge is -2.31. The Hall–Kier alpha value is -2.37. The van der Waals surface area contributed by atoms with Crippen molar-refractivity contribution in [2.75, 3.05) is 17.1 Å². The van der Waals surface area contributed by atoms with Crippen molar-refractivity contribution in [3.8, 4) is 5.69 Å². The Morgan fingerprint density at radius 1 is 1.16 bits per heavy atom. The van der Waals surface area contributed by atoms with Crippen molar-refractivity contribution in [3.05, 3.63) is 50.9 Å². The zero-order valence-corrected chi connectivity index (χ0v) is 24.0. The summed E-state index contributed by atoms with van der Waals surface area (Å²) in [6, 6.07) is 6.55. The summed E-state index contributed by atoms with van der Waals surface area (Å²) in [5.41, 5.74) is 1.71. The highest BCUT2D eigenvalue weighted by molar-refractivity contribution is 8.01. The molecule has 1 fully saturated rings. The van der Waals surface area contributed by atoms with E-state index in [0.29, 0.717) is 24.1 Å². The molecular weight excluding hydrogens is 531 g/mol. The molecular formula is C26H33N3O5S3. The topological polar surface area (TPSA) is 107 Å². The number of rotatable bonds is 9. The molecule has 1 saturated carbocycles. The van der Waals surface area contributed by atoms with E-state index in [4.69, 9.17) is 4.74 Å². The second-order valence-electron chi connectivity index (χ2n) is 9.62. The molecule has 3 aliphatic rings. The number of fused-ring (bicyclic) bond motifs is 1. The molecule has 0 amide bonds. The van der Waals surface area contributed by atoms with Crippen LogP contribution in [0.25, 0.3) is 5.69 Å². The summed E-state index contributed by atoms with van der Waals surface area (Å²) in [4.78, 5) is 29.3. The fourth-order valence-corrected chi connectivity index (χ4v) is 8.57. The minimum absolute atomic E-state index is 0.0578. The summed E-state index contributed by atoms with van der Waals surface area (Å²) < 4.78 is 36.4. The van der Waals surface area contributed by atoms with Crippen LogP contribution in [-0.2, 0) is 19.6 Å². The van der Waals surface area contributed by atoms with Crippen LogP contribution in [0.2, 0.25) is 0 Å². The number of hydrogen-bond donors (Lipinski definition) is 1. The van der Waals surface area contributed by atoms with Crippen LogP contribution >= 0.6 is 23.1 Å². The lowest BCUT2D eigenvalue weighted by Crippen LogP contribution is -2.23. The number of anilines is 1. The monoisotopic (exact) mass is 563 g/mol. The third-order valence-corrected chi connectivity index (χ3v) is 11.0. The molecule has 1 N–H and O–H groups in total. The molecule has 0 spiro atoms. The van der Waals surface area contributed by atoms with E-state index in [1.807, 2.05) is 20.8 Å². The van der Waals surface area contributed by atoms with Crippen LogP contribution in [0.5, 0.6) is 0 Å². The van der Waals surface area contributed by atoms with Gasteiger partial charge in [-0.05, 0) is 57.6 Å². The lowest BCUT2D eigenvalue weighted by atomic mass is 9.79. The third-order valence-electron chi connectivity index (χ3n) is 6.98. The molecule has 2 atom stereocenters. The van der Waals surface area contributed by atoms with Gasteiger partial charge in [0.15, 0.2) is 5.82 Å².